The van der Waals surface area contributed by atoms with Crippen LogP contribution in [0.15, 0.2) is 28.7 Å². The van der Waals surface area contributed by atoms with Gasteiger partial charge in [-0.3, -0.25) is 24.6 Å². The molecule has 2 aromatic rings. The fourth-order valence-corrected chi connectivity index (χ4v) is 3.62. The molecule has 3 amide bonds. The fraction of sp³-hybridized carbons (Fsp3) is 0.421. The number of aromatic nitrogens is 2. The molecule has 1 aromatic heterocycles. The summed E-state index contributed by atoms with van der Waals surface area (Å²) in [5.74, 6) is -0.132. The SMILES string of the molecule is O=C(Nc1nnc(C2CCCCC2)o1)c1cccc(N2C(=O)CCC2=O)c1. The molecule has 1 saturated heterocycles. The first-order valence-corrected chi connectivity index (χ1v) is 9.22. The van der Waals surface area contributed by atoms with Crippen LogP contribution in [0.25, 0.3) is 0 Å². The van der Waals surface area contributed by atoms with E-state index in [1.54, 1.807) is 18.2 Å². The summed E-state index contributed by atoms with van der Waals surface area (Å²) in [5, 5.41) is 10.6. The van der Waals surface area contributed by atoms with Crippen LogP contribution in [0.2, 0.25) is 0 Å². The zero-order valence-corrected chi connectivity index (χ0v) is 14.8. The molecule has 1 aromatic carbocycles. The highest BCUT2D eigenvalue weighted by Crippen LogP contribution is 2.32. The quantitative estimate of drug-likeness (QED) is 0.832. The van der Waals surface area contributed by atoms with E-state index >= 15 is 0 Å². The topological polar surface area (TPSA) is 105 Å². The van der Waals surface area contributed by atoms with Gasteiger partial charge in [-0.1, -0.05) is 30.4 Å². The maximum Gasteiger partial charge on any atom is 0.322 e. The molecule has 1 N–H and O–H groups in total. The van der Waals surface area contributed by atoms with E-state index in [1.807, 2.05) is 0 Å². The van der Waals surface area contributed by atoms with E-state index < -0.39 is 5.91 Å². The number of carbonyl (C=O) groups is 3. The number of nitrogens with zero attached hydrogens (tertiary/aromatic N) is 3. The van der Waals surface area contributed by atoms with Crippen molar-refractivity contribution in [1.82, 2.24) is 10.2 Å². The van der Waals surface area contributed by atoms with Crippen molar-refractivity contribution in [2.45, 2.75) is 50.9 Å². The van der Waals surface area contributed by atoms with Crippen molar-refractivity contribution in [2.24, 2.45) is 0 Å². The molecule has 2 aliphatic rings. The van der Waals surface area contributed by atoms with Gasteiger partial charge in [0.15, 0.2) is 0 Å². The third-order valence-electron chi connectivity index (χ3n) is 5.03. The molecule has 140 valence electrons. The minimum atomic E-state index is -0.435. The highest BCUT2D eigenvalue weighted by atomic mass is 16.4. The Kier molecular flexibility index (Phi) is 4.70. The second-order valence-electron chi connectivity index (χ2n) is 6.91. The van der Waals surface area contributed by atoms with Gasteiger partial charge in [-0.05, 0) is 31.0 Å². The predicted molar refractivity (Wildman–Crippen MR) is 96.2 cm³/mol. The maximum atomic E-state index is 12.5. The molecular formula is C19H20N4O4. The third kappa shape index (κ3) is 3.60. The zero-order chi connectivity index (χ0) is 18.8. The molecule has 0 atom stereocenters. The Labute approximate surface area is 155 Å². The second kappa shape index (κ2) is 7.30. The van der Waals surface area contributed by atoms with E-state index in [4.69, 9.17) is 4.42 Å². The van der Waals surface area contributed by atoms with E-state index in [0.29, 0.717) is 17.1 Å². The molecule has 0 spiro atoms. The van der Waals surface area contributed by atoms with Crippen LogP contribution in [0, 0.1) is 0 Å². The number of nitrogens with one attached hydrogen (secondary N) is 1. The summed E-state index contributed by atoms with van der Waals surface area (Å²) in [6.07, 6.45) is 5.96. The molecule has 0 radical (unpaired) electrons. The van der Waals surface area contributed by atoms with Gasteiger partial charge in [-0.25, -0.2) is 0 Å². The molecule has 27 heavy (non-hydrogen) atoms. The molecule has 0 unspecified atom stereocenters. The first-order valence-electron chi connectivity index (χ1n) is 9.22. The second-order valence-corrected chi connectivity index (χ2v) is 6.91. The average Bonchev–Trinajstić information content (AvgIpc) is 3.29. The summed E-state index contributed by atoms with van der Waals surface area (Å²) >= 11 is 0. The molecule has 8 nitrogen and oxygen atoms in total. The van der Waals surface area contributed by atoms with Crippen LogP contribution in [0.5, 0.6) is 0 Å². The number of imide groups is 1. The smallest absolute Gasteiger partial charge is 0.322 e. The van der Waals surface area contributed by atoms with Crippen molar-refractivity contribution in [3.8, 4) is 0 Å². The number of benzene rings is 1. The Morgan fingerprint density at radius 1 is 1.07 bits per heavy atom. The van der Waals surface area contributed by atoms with Crippen molar-refractivity contribution < 1.29 is 18.8 Å². The highest BCUT2D eigenvalue weighted by Gasteiger charge is 2.30. The molecule has 2 fully saturated rings. The van der Waals surface area contributed by atoms with E-state index in [9.17, 15) is 14.4 Å². The van der Waals surface area contributed by atoms with Gasteiger partial charge < -0.3 is 4.42 Å². The molecule has 0 bridgehead atoms. The van der Waals surface area contributed by atoms with Crippen molar-refractivity contribution in [2.75, 3.05) is 10.2 Å². The first-order chi connectivity index (χ1) is 13.1. The summed E-state index contributed by atoms with van der Waals surface area (Å²) in [6, 6.07) is 6.42. The van der Waals surface area contributed by atoms with Gasteiger partial charge in [-0.2, -0.15) is 0 Å². The molecule has 2 heterocycles. The summed E-state index contributed by atoms with van der Waals surface area (Å²) < 4.78 is 5.61. The zero-order valence-electron chi connectivity index (χ0n) is 14.8. The lowest BCUT2D eigenvalue weighted by Crippen LogP contribution is -2.28. The lowest BCUT2D eigenvalue weighted by Gasteiger charge is -2.17. The molecule has 4 rings (SSSR count). The standard InChI is InChI=1S/C19H20N4O4/c24-15-9-10-16(25)23(15)14-8-4-7-13(11-14)17(26)20-19-22-21-18(27-19)12-5-2-1-3-6-12/h4,7-8,11-12H,1-3,5-6,9-10H2,(H,20,22,26). The van der Waals surface area contributed by atoms with Gasteiger partial charge in [0.25, 0.3) is 5.91 Å². The largest absolute Gasteiger partial charge is 0.408 e. The Morgan fingerprint density at radius 3 is 2.56 bits per heavy atom. The average molecular weight is 368 g/mol. The molecular weight excluding hydrogens is 348 g/mol. The van der Waals surface area contributed by atoms with Crippen LogP contribution in [0.1, 0.15) is 67.1 Å². The number of carbonyl (C=O) groups excluding carboxylic acids is 3. The number of rotatable bonds is 4. The lowest BCUT2D eigenvalue weighted by molar-refractivity contribution is -0.121. The van der Waals surface area contributed by atoms with Gasteiger partial charge >= 0.3 is 6.01 Å². The Balaban J connectivity index is 1.47. The molecule has 8 heteroatoms. The molecule has 1 saturated carbocycles. The predicted octanol–water partition coefficient (Wildman–Crippen LogP) is 3.02. The van der Waals surface area contributed by atoms with Crippen molar-refractivity contribution in [3.63, 3.8) is 0 Å². The Morgan fingerprint density at radius 2 is 1.81 bits per heavy atom. The van der Waals surface area contributed by atoms with E-state index in [1.165, 1.54) is 12.5 Å². The Hall–Kier alpha value is -3.03. The van der Waals surface area contributed by atoms with E-state index in [0.717, 1.165) is 30.6 Å². The van der Waals surface area contributed by atoms with Crippen LogP contribution in [-0.4, -0.2) is 27.9 Å². The minimum Gasteiger partial charge on any atom is -0.408 e. The van der Waals surface area contributed by atoms with Crippen molar-refractivity contribution in [3.05, 3.63) is 35.7 Å². The van der Waals surface area contributed by atoms with Gasteiger partial charge in [-0.15, -0.1) is 5.10 Å². The van der Waals surface area contributed by atoms with Gasteiger partial charge in [0.2, 0.25) is 17.7 Å². The van der Waals surface area contributed by atoms with E-state index in [2.05, 4.69) is 15.5 Å². The van der Waals surface area contributed by atoms with Crippen molar-refractivity contribution in [1.29, 1.82) is 0 Å². The van der Waals surface area contributed by atoms with Crippen molar-refractivity contribution >= 4 is 29.4 Å². The summed E-state index contributed by atoms with van der Waals surface area (Å²) in [4.78, 5) is 37.4. The van der Waals surface area contributed by atoms with Crippen LogP contribution < -0.4 is 10.2 Å². The summed E-state index contributed by atoms with van der Waals surface area (Å²) in [7, 11) is 0. The van der Waals surface area contributed by atoms with Gasteiger partial charge in [0.05, 0.1) is 5.69 Å². The minimum absolute atomic E-state index is 0.0549. The fourth-order valence-electron chi connectivity index (χ4n) is 3.62. The van der Waals surface area contributed by atoms with Crippen LogP contribution in [0.3, 0.4) is 0 Å². The summed E-state index contributed by atoms with van der Waals surface area (Å²) in [5.41, 5.74) is 0.695. The van der Waals surface area contributed by atoms with Gasteiger partial charge in [0, 0.05) is 24.3 Å². The number of hydrogen-bond acceptors (Lipinski definition) is 6. The third-order valence-corrected chi connectivity index (χ3v) is 5.03. The number of amides is 3. The van der Waals surface area contributed by atoms with Crippen LogP contribution >= 0.6 is 0 Å². The maximum absolute atomic E-state index is 12.5. The van der Waals surface area contributed by atoms with Crippen LogP contribution in [0.4, 0.5) is 11.7 Å². The van der Waals surface area contributed by atoms with E-state index in [-0.39, 0.29) is 36.6 Å². The number of hydrogen-bond donors (Lipinski definition) is 1. The summed E-state index contributed by atoms with van der Waals surface area (Å²) in [6.45, 7) is 0. The van der Waals surface area contributed by atoms with Crippen LogP contribution in [-0.2, 0) is 9.59 Å². The normalized spacial score (nSPS) is 18.1. The first kappa shape index (κ1) is 17.4. The lowest BCUT2D eigenvalue weighted by atomic mass is 9.89. The Bertz CT molecular complexity index is 869. The molecule has 1 aliphatic carbocycles. The van der Waals surface area contributed by atoms with Gasteiger partial charge in [0.1, 0.15) is 0 Å². The monoisotopic (exact) mass is 368 g/mol. The molecule has 1 aliphatic heterocycles. The highest BCUT2D eigenvalue weighted by molar-refractivity contribution is 6.20. The number of anilines is 2.